The highest BCUT2D eigenvalue weighted by molar-refractivity contribution is 7.85. The number of urea groups is 1. The number of H-pyrrole nitrogens is 1. The van der Waals surface area contributed by atoms with Gasteiger partial charge in [-0.1, -0.05) is 6.07 Å². The van der Waals surface area contributed by atoms with Crippen molar-refractivity contribution in [2.45, 2.75) is 4.90 Å². The normalized spacial score (nSPS) is 11.3. The fourth-order valence-corrected chi connectivity index (χ4v) is 2.57. The molecule has 118 valence electrons. The lowest BCUT2D eigenvalue weighted by atomic mass is 10.3. The van der Waals surface area contributed by atoms with Gasteiger partial charge in [0.2, 0.25) is 0 Å². The summed E-state index contributed by atoms with van der Waals surface area (Å²) in [5.74, 6) is 0. The minimum Gasteiger partial charge on any atom is -0.345 e. The van der Waals surface area contributed by atoms with Gasteiger partial charge in [0, 0.05) is 11.4 Å². The molecule has 0 saturated heterocycles. The van der Waals surface area contributed by atoms with E-state index in [1.165, 1.54) is 18.2 Å². The Kier molecular flexibility index (Phi) is 3.72. The number of imidazole rings is 1. The van der Waals surface area contributed by atoms with E-state index < -0.39 is 16.1 Å². The van der Waals surface area contributed by atoms with Crippen molar-refractivity contribution in [3.63, 3.8) is 0 Å². The van der Waals surface area contributed by atoms with Gasteiger partial charge < -0.3 is 15.6 Å². The molecular formula is C14H12N4O4S. The molecule has 1 heterocycles. The topological polar surface area (TPSA) is 124 Å². The maximum atomic E-state index is 12.0. The van der Waals surface area contributed by atoms with E-state index in [1.807, 2.05) is 0 Å². The highest BCUT2D eigenvalue weighted by atomic mass is 32.2. The Bertz CT molecular complexity index is 981. The summed E-state index contributed by atoms with van der Waals surface area (Å²) < 4.78 is 31.2. The summed E-state index contributed by atoms with van der Waals surface area (Å²) in [7, 11) is -4.32. The van der Waals surface area contributed by atoms with Crippen molar-refractivity contribution in [3.05, 3.63) is 48.8 Å². The number of hydrogen-bond donors (Lipinski definition) is 4. The lowest BCUT2D eigenvalue weighted by Gasteiger charge is -2.08. The van der Waals surface area contributed by atoms with Crippen LogP contribution in [0.2, 0.25) is 0 Å². The number of carbonyl (C=O) groups is 1. The van der Waals surface area contributed by atoms with Gasteiger partial charge in [-0.15, -0.1) is 0 Å². The van der Waals surface area contributed by atoms with Crippen LogP contribution in [0.4, 0.5) is 16.2 Å². The van der Waals surface area contributed by atoms with Gasteiger partial charge in [0.15, 0.2) is 0 Å². The summed E-state index contributed by atoms with van der Waals surface area (Å²) >= 11 is 0. The molecule has 3 aromatic rings. The summed E-state index contributed by atoms with van der Waals surface area (Å²) in [5, 5.41) is 5.11. The average Bonchev–Trinajstić information content (AvgIpc) is 2.94. The largest absolute Gasteiger partial charge is 0.345 e. The van der Waals surface area contributed by atoms with Crippen molar-refractivity contribution in [1.82, 2.24) is 9.97 Å². The van der Waals surface area contributed by atoms with Gasteiger partial charge in [-0.05, 0) is 36.4 Å². The first-order valence-corrected chi connectivity index (χ1v) is 7.94. The molecule has 2 aromatic carbocycles. The van der Waals surface area contributed by atoms with Gasteiger partial charge in [-0.2, -0.15) is 8.42 Å². The van der Waals surface area contributed by atoms with Crippen LogP contribution in [0.1, 0.15) is 0 Å². The van der Waals surface area contributed by atoms with Crippen LogP contribution in [0.5, 0.6) is 0 Å². The molecule has 0 spiro atoms. The monoisotopic (exact) mass is 332 g/mol. The van der Waals surface area contributed by atoms with Crippen LogP contribution in [0.3, 0.4) is 0 Å². The van der Waals surface area contributed by atoms with Crippen molar-refractivity contribution in [1.29, 1.82) is 0 Å². The number of fused-ring (bicyclic) bond motifs is 1. The first kappa shape index (κ1) is 15.0. The molecule has 0 aliphatic rings. The average molecular weight is 332 g/mol. The second kappa shape index (κ2) is 5.71. The van der Waals surface area contributed by atoms with E-state index in [4.69, 9.17) is 4.55 Å². The van der Waals surface area contributed by atoms with Gasteiger partial charge in [0.05, 0.1) is 22.3 Å². The molecule has 0 aliphatic carbocycles. The van der Waals surface area contributed by atoms with Crippen molar-refractivity contribution >= 4 is 38.6 Å². The van der Waals surface area contributed by atoms with Gasteiger partial charge >= 0.3 is 6.03 Å². The zero-order valence-electron chi connectivity index (χ0n) is 11.6. The third-order valence-electron chi connectivity index (χ3n) is 3.07. The number of aromatic nitrogens is 2. The summed E-state index contributed by atoms with van der Waals surface area (Å²) in [6.07, 6.45) is 1.55. The minimum atomic E-state index is -4.32. The maximum Gasteiger partial charge on any atom is 0.323 e. The molecule has 0 radical (unpaired) electrons. The van der Waals surface area contributed by atoms with Crippen LogP contribution in [-0.4, -0.2) is 29.0 Å². The highest BCUT2D eigenvalue weighted by Crippen LogP contribution is 2.17. The fourth-order valence-electron chi connectivity index (χ4n) is 2.04. The van der Waals surface area contributed by atoms with Gasteiger partial charge in [-0.25, -0.2) is 9.78 Å². The molecule has 1 aromatic heterocycles. The Morgan fingerprint density at radius 3 is 2.57 bits per heavy atom. The number of anilines is 2. The Morgan fingerprint density at radius 2 is 1.83 bits per heavy atom. The van der Waals surface area contributed by atoms with Crippen LogP contribution in [0.15, 0.2) is 53.7 Å². The first-order valence-electron chi connectivity index (χ1n) is 6.50. The second-order valence-electron chi connectivity index (χ2n) is 4.72. The molecule has 23 heavy (non-hydrogen) atoms. The van der Waals surface area contributed by atoms with Crippen LogP contribution in [0.25, 0.3) is 11.0 Å². The molecule has 0 atom stereocenters. The van der Waals surface area contributed by atoms with E-state index in [-0.39, 0.29) is 10.6 Å². The number of rotatable bonds is 3. The molecule has 0 aliphatic heterocycles. The number of amides is 2. The minimum absolute atomic E-state index is 0.236. The van der Waals surface area contributed by atoms with E-state index in [9.17, 15) is 13.2 Å². The second-order valence-corrected chi connectivity index (χ2v) is 6.14. The molecule has 0 bridgehead atoms. The van der Waals surface area contributed by atoms with E-state index in [0.717, 1.165) is 17.1 Å². The summed E-state index contributed by atoms with van der Waals surface area (Å²) in [4.78, 5) is 18.7. The molecule has 0 saturated carbocycles. The Labute approximate surface area is 131 Å². The van der Waals surface area contributed by atoms with Crippen LogP contribution in [0, 0.1) is 0 Å². The van der Waals surface area contributed by atoms with Crippen molar-refractivity contribution in [3.8, 4) is 0 Å². The Hall–Kier alpha value is -2.91. The lowest BCUT2D eigenvalue weighted by molar-refractivity contribution is 0.262. The molecule has 8 nitrogen and oxygen atoms in total. The van der Waals surface area contributed by atoms with Crippen molar-refractivity contribution < 1.29 is 17.8 Å². The fraction of sp³-hybridized carbons (Fsp3) is 0. The number of nitrogens with zero attached hydrogens (tertiary/aromatic N) is 1. The quantitative estimate of drug-likeness (QED) is 0.548. The Balaban J connectivity index is 1.74. The number of aromatic amines is 1. The SMILES string of the molecule is O=C(Nc1cccc(S(=O)(=O)O)c1)Nc1ccc2nc[nH]c2c1. The summed E-state index contributed by atoms with van der Waals surface area (Å²) in [6, 6.07) is 9.92. The van der Waals surface area contributed by atoms with Gasteiger partial charge in [0.25, 0.3) is 10.1 Å². The molecule has 3 rings (SSSR count). The van der Waals surface area contributed by atoms with Crippen molar-refractivity contribution in [2.75, 3.05) is 10.6 Å². The predicted octanol–water partition coefficient (Wildman–Crippen LogP) is 2.45. The molecule has 4 N–H and O–H groups in total. The molecule has 0 unspecified atom stereocenters. The predicted molar refractivity (Wildman–Crippen MR) is 85.0 cm³/mol. The van der Waals surface area contributed by atoms with E-state index in [1.54, 1.807) is 24.5 Å². The first-order chi connectivity index (χ1) is 10.9. The lowest BCUT2D eigenvalue weighted by Crippen LogP contribution is -2.19. The smallest absolute Gasteiger partial charge is 0.323 e. The van der Waals surface area contributed by atoms with E-state index in [0.29, 0.717) is 5.69 Å². The van der Waals surface area contributed by atoms with Crippen LogP contribution >= 0.6 is 0 Å². The van der Waals surface area contributed by atoms with Gasteiger partial charge in [-0.3, -0.25) is 4.55 Å². The number of carbonyl (C=O) groups excluding carboxylic acids is 1. The molecule has 9 heteroatoms. The van der Waals surface area contributed by atoms with E-state index >= 15 is 0 Å². The third kappa shape index (κ3) is 3.47. The molecule has 2 amide bonds. The van der Waals surface area contributed by atoms with Crippen LogP contribution < -0.4 is 10.6 Å². The third-order valence-corrected chi connectivity index (χ3v) is 3.92. The van der Waals surface area contributed by atoms with Gasteiger partial charge in [0.1, 0.15) is 0 Å². The zero-order valence-corrected chi connectivity index (χ0v) is 12.5. The molecular weight excluding hydrogens is 320 g/mol. The summed E-state index contributed by atoms with van der Waals surface area (Å²) in [5.41, 5.74) is 2.33. The van der Waals surface area contributed by atoms with Crippen LogP contribution in [-0.2, 0) is 10.1 Å². The number of hydrogen-bond acceptors (Lipinski definition) is 4. The highest BCUT2D eigenvalue weighted by Gasteiger charge is 2.11. The number of benzene rings is 2. The zero-order chi connectivity index (χ0) is 16.4. The Morgan fingerprint density at radius 1 is 1.09 bits per heavy atom. The van der Waals surface area contributed by atoms with E-state index in [2.05, 4.69) is 20.6 Å². The standard InChI is InChI=1S/C14H12N4O4S/c19-14(17-9-2-1-3-11(6-9)23(20,21)22)18-10-4-5-12-13(7-10)16-8-15-12/h1-8H,(H,15,16)(H2,17,18,19)(H,20,21,22). The summed E-state index contributed by atoms with van der Waals surface area (Å²) in [6.45, 7) is 0. The number of nitrogens with one attached hydrogen (secondary N) is 3. The maximum absolute atomic E-state index is 12.0. The molecule has 0 fully saturated rings. The van der Waals surface area contributed by atoms with Crippen molar-refractivity contribution in [2.24, 2.45) is 0 Å².